The van der Waals surface area contributed by atoms with Crippen molar-refractivity contribution in [2.24, 2.45) is 11.1 Å². The SMILES string of the molecule is CC(C)(C)CC(O)C(=O)Nc1sc2c(c1C(N)=O)CC(C)(C)OC2(C)C. The summed E-state index contributed by atoms with van der Waals surface area (Å²) in [5.74, 6) is -1.12. The van der Waals surface area contributed by atoms with Crippen molar-refractivity contribution >= 4 is 28.2 Å². The Balaban J connectivity index is 2.41. The maximum Gasteiger partial charge on any atom is 0.253 e. The van der Waals surface area contributed by atoms with Crippen LogP contribution in [0.1, 0.15) is 75.7 Å². The van der Waals surface area contributed by atoms with Gasteiger partial charge in [-0.05, 0) is 45.1 Å². The Morgan fingerprint density at radius 2 is 1.88 bits per heavy atom. The van der Waals surface area contributed by atoms with Crippen molar-refractivity contribution in [1.82, 2.24) is 0 Å². The number of carbonyl (C=O) groups is 2. The predicted octanol–water partition coefficient (Wildman–Crippen LogP) is 3.17. The quantitative estimate of drug-likeness (QED) is 0.744. The molecule has 1 aromatic rings. The van der Waals surface area contributed by atoms with Gasteiger partial charge in [0.15, 0.2) is 0 Å². The fraction of sp³-hybridized carbons (Fsp3) is 0.684. The smallest absolute Gasteiger partial charge is 0.253 e. The second-order valence-electron chi connectivity index (χ2n) is 9.30. The molecule has 6 nitrogen and oxygen atoms in total. The van der Waals surface area contributed by atoms with Gasteiger partial charge in [-0.15, -0.1) is 11.3 Å². The molecule has 1 aliphatic rings. The van der Waals surface area contributed by atoms with Gasteiger partial charge in [0.25, 0.3) is 11.8 Å². The van der Waals surface area contributed by atoms with E-state index in [-0.39, 0.29) is 5.41 Å². The van der Waals surface area contributed by atoms with Gasteiger partial charge in [-0.25, -0.2) is 0 Å². The summed E-state index contributed by atoms with van der Waals surface area (Å²) in [7, 11) is 0. The van der Waals surface area contributed by atoms with Crippen LogP contribution in [0.25, 0.3) is 0 Å². The van der Waals surface area contributed by atoms with Crippen molar-refractivity contribution in [3.8, 4) is 0 Å². The van der Waals surface area contributed by atoms with Crippen molar-refractivity contribution < 1.29 is 19.4 Å². The number of hydrogen-bond acceptors (Lipinski definition) is 5. The third-order valence-electron chi connectivity index (χ3n) is 4.28. The first-order chi connectivity index (χ1) is 11.6. The minimum absolute atomic E-state index is 0.197. The van der Waals surface area contributed by atoms with Crippen LogP contribution in [-0.2, 0) is 21.6 Å². The molecule has 4 N–H and O–H groups in total. The summed E-state index contributed by atoms with van der Waals surface area (Å²) in [5.41, 5.74) is 5.53. The van der Waals surface area contributed by atoms with Crippen molar-refractivity contribution in [3.05, 3.63) is 16.0 Å². The van der Waals surface area contributed by atoms with E-state index in [4.69, 9.17) is 10.5 Å². The lowest BCUT2D eigenvalue weighted by Crippen LogP contribution is -2.42. The van der Waals surface area contributed by atoms with Crippen LogP contribution in [0, 0.1) is 5.41 Å². The number of rotatable bonds is 4. The largest absolute Gasteiger partial charge is 0.383 e. The molecule has 0 saturated heterocycles. The molecule has 7 heteroatoms. The van der Waals surface area contributed by atoms with E-state index in [1.54, 1.807) is 0 Å². The lowest BCUT2D eigenvalue weighted by molar-refractivity contribution is -0.135. The van der Waals surface area contributed by atoms with Crippen molar-refractivity contribution in [2.45, 2.75) is 78.6 Å². The monoisotopic (exact) mass is 382 g/mol. The van der Waals surface area contributed by atoms with Gasteiger partial charge in [-0.3, -0.25) is 9.59 Å². The molecule has 1 aliphatic heterocycles. The average molecular weight is 383 g/mol. The molecule has 0 fully saturated rings. The highest BCUT2D eigenvalue weighted by Gasteiger charge is 2.43. The van der Waals surface area contributed by atoms with Gasteiger partial charge in [0, 0.05) is 11.3 Å². The minimum Gasteiger partial charge on any atom is -0.383 e. The number of thiophene rings is 1. The molecule has 1 unspecified atom stereocenters. The highest BCUT2D eigenvalue weighted by Crippen LogP contribution is 2.48. The summed E-state index contributed by atoms with van der Waals surface area (Å²) < 4.78 is 6.15. The number of nitrogens with two attached hydrogens (primary N) is 1. The number of ether oxygens (including phenoxy) is 1. The zero-order valence-corrected chi connectivity index (χ0v) is 17.5. The molecule has 0 spiro atoms. The van der Waals surface area contributed by atoms with Crippen LogP contribution >= 0.6 is 11.3 Å². The zero-order valence-electron chi connectivity index (χ0n) is 16.6. The Morgan fingerprint density at radius 3 is 2.38 bits per heavy atom. The molecular weight excluding hydrogens is 352 g/mol. The number of fused-ring (bicyclic) bond motifs is 1. The Bertz CT molecular complexity index is 729. The number of anilines is 1. The highest BCUT2D eigenvalue weighted by molar-refractivity contribution is 7.17. The van der Waals surface area contributed by atoms with Crippen LogP contribution in [0.4, 0.5) is 5.00 Å². The molecule has 1 atom stereocenters. The topological polar surface area (TPSA) is 102 Å². The van der Waals surface area contributed by atoms with E-state index in [0.29, 0.717) is 23.4 Å². The molecule has 0 bridgehead atoms. The van der Waals surface area contributed by atoms with Crippen LogP contribution in [0.2, 0.25) is 0 Å². The summed E-state index contributed by atoms with van der Waals surface area (Å²) >= 11 is 1.29. The second kappa shape index (κ2) is 6.62. The van der Waals surface area contributed by atoms with Gasteiger partial charge < -0.3 is 20.9 Å². The van der Waals surface area contributed by atoms with Gasteiger partial charge in [-0.2, -0.15) is 0 Å². The number of hydrogen-bond donors (Lipinski definition) is 3. The number of carbonyl (C=O) groups excluding carboxylic acids is 2. The number of aliphatic hydroxyl groups is 1. The van der Waals surface area contributed by atoms with Gasteiger partial charge in [-0.1, -0.05) is 20.8 Å². The normalized spacial score (nSPS) is 19.5. The van der Waals surface area contributed by atoms with Crippen molar-refractivity contribution in [2.75, 3.05) is 5.32 Å². The van der Waals surface area contributed by atoms with Crippen molar-refractivity contribution in [1.29, 1.82) is 0 Å². The van der Waals surface area contributed by atoms with Gasteiger partial charge in [0.1, 0.15) is 11.1 Å². The standard InChI is InChI=1S/C19H30N2O4S/c1-17(2,3)9-11(22)15(24)21-16-12(14(20)23)10-8-18(4,5)25-19(6,7)13(10)26-16/h11,22H,8-9H2,1-7H3,(H2,20,23)(H,21,24). The van der Waals surface area contributed by atoms with E-state index >= 15 is 0 Å². The fourth-order valence-electron chi connectivity index (χ4n) is 3.54. The summed E-state index contributed by atoms with van der Waals surface area (Å²) in [5, 5.41) is 13.3. The molecule has 2 amide bonds. The first kappa shape index (κ1) is 20.9. The van der Waals surface area contributed by atoms with Gasteiger partial charge in [0.2, 0.25) is 0 Å². The van der Waals surface area contributed by atoms with Crippen LogP contribution in [0.5, 0.6) is 0 Å². The molecular formula is C19H30N2O4S. The number of primary amides is 1. The Labute approximate surface area is 159 Å². The van der Waals surface area contributed by atoms with Crippen LogP contribution in [-0.4, -0.2) is 28.6 Å². The lowest BCUT2D eigenvalue weighted by atomic mass is 9.86. The number of aliphatic hydroxyl groups excluding tert-OH is 1. The molecule has 26 heavy (non-hydrogen) atoms. The van der Waals surface area contributed by atoms with E-state index in [1.165, 1.54) is 11.3 Å². The van der Waals surface area contributed by atoms with E-state index < -0.39 is 29.1 Å². The predicted molar refractivity (Wildman–Crippen MR) is 103 cm³/mol. The molecule has 0 aromatic carbocycles. The van der Waals surface area contributed by atoms with E-state index in [2.05, 4.69) is 5.32 Å². The third kappa shape index (κ3) is 4.45. The summed E-state index contributed by atoms with van der Waals surface area (Å²) in [6.07, 6.45) is -0.311. The Kier molecular flexibility index (Phi) is 5.31. The van der Waals surface area contributed by atoms with Gasteiger partial charge in [0.05, 0.1) is 16.8 Å². The van der Waals surface area contributed by atoms with E-state index in [9.17, 15) is 14.7 Å². The van der Waals surface area contributed by atoms with Crippen LogP contribution in [0.3, 0.4) is 0 Å². The molecule has 0 radical (unpaired) electrons. The number of amides is 2. The number of nitrogens with one attached hydrogen (secondary N) is 1. The minimum atomic E-state index is -1.16. The molecule has 1 aromatic heterocycles. The van der Waals surface area contributed by atoms with Crippen molar-refractivity contribution in [3.63, 3.8) is 0 Å². The summed E-state index contributed by atoms with van der Waals surface area (Å²) in [6.45, 7) is 13.7. The van der Waals surface area contributed by atoms with E-state index in [0.717, 1.165) is 10.4 Å². The zero-order chi connectivity index (χ0) is 20.1. The molecule has 0 saturated carbocycles. The first-order valence-corrected chi connectivity index (χ1v) is 9.60. The Morgan fingerprint density at radius 1 is 1.31 bits per heavy atom. The van der Waals surface area contributed by atoms with Crippen LogP contribution in [0.15, 0.2) is 0 Å². The van der Waals surface area contributed by atoms with Crippen LogP contribution < -0.4 is 11.1 Å². The Hall–Kier alpha value is -1.44. The van der Waals surface area contributed by atoms with E-state index in [1.807, 2.05) is 48.5 Å². The molecule has 0 aliphatic carbocycles. The molecule has 146 valence electrons. The first-order valence-electron chi connectivity index (χ1n) is 8.78. The third-order valence-corrected chi connectivity index (χ3v) is 5.73. The molecule has 2 rings (SSSR count). The maximum absolute atomic E-state index is 12.4. The average Bonchev–Trinajstić information content (AvgIpc) is 2.73. The fourth-order valence-corrected chi connectivity index (χ4v) is 4.80. The lowest BCUT2D eigenvalue weighted by Gasteiger charge is -2.41. The summed E-state index contributed by atoms with van der Waals surface area (Å²) in [4.78, 5) is 25.4. The highest BCUT2D eigenvalue weighted by atomic mass is 32.1. The summed E-state index contributed by atoms with van der Waals surface area (Å²) in [6, 6.07) is 0. The maximum atomic E-state index is 12.4. The molecule has 2 heterocycles. The van der Waals surface area contributed by atoms with Gasteiger partial charge >= 0.3 is 0 Å². The second-order valence-corrected chi connectivity index (χ2v) is 10.3.